The molecule has 6 nitrogen and oxygen atoms in total. The van der Waals surface area contributed by atoms with Crippen LogP contribution in [0.15, 0.2) is 41.5 Å². The van der Waals surface area contributed by atoms with Crippen LogP contribution in [0.5, 0.6) is 5.75 Å². The van der Waals surface area contributed by atoms with Gasteiger partial charge in [-0.15, -0.1) is 0 Å². The van der Waals surface area contributed by atoms with Gasteiger partial charge in [0.2, 0.25) is 0 Å². The van der Waals surface area contributed by atoms with Crippen molar-refractivity contribution in [2.75, 3.05) is 31.6 Å². The van der Waals surface area contributed by atoms with Gasteiger partial charge >= 0.3 is 0 Å². The monoisotopic (exact) mass is 385 g/mol. The number of hydrogen-bond acceptors (Lipinski definition) is 4. The number of aliphatic imine (C=N–C) groups is 1. The van der Waals surface area contributed by atoms with Crippen molar-refractivity contribution >= 4 is 11.8 Å². The van der Waals surface area contributed by atoms with Crippen molar-refractivity contribution in [1.82, 2.24) is 15.6 Å². The van der Waals surface area contributed by atoms with Crippen LogP contribution in [-0.4, -0.2) is 43.7 Å². The quantitative estimate of drug-likeness (QED) is 0.591. The zero-order valence-electron chi connectivity index (χ0n) is 16.7. The average Bonchev–Trinajstić information content (AvgIpc) is 3.16. The summed E-state index contributed by atoms with van der Waals surface area (Å²) in [5, 5.41) is 6.77. The molecule has 1 aromatic heterocycles. The van der Waals surface area contributed by atoms with Gasteiger partial charge in [0.25, 0.3) is 0 Å². The molecule has 1 saturated heterocycles. The largest absolute Gasteiger partial charge is 0.494 e. The number of halogens is 1. The minimum Gasteiger partial charge on any atom is -0.494 e. The van der Waals surface area contributed by atoms with E-state index in [1.54, 1.807) is 19.3 Å². The number of anilines is 1. The van der Waals surface area contributed by atoms with Crippen molar-refractivity contribution in [3.63, 3.8) is 0 Å². The van der Waals surface area contributed by atoms with E-state index in [0.717, 1.165) is 35.8 Å². The highest BCUT2D eigenvalue weighted by atomic mass is 19.1. The highest BCUT2D eigenvalue weighted by Gasteiger charge is 2.25. The molecule has 0 amide bonds. The van der Waals surface area contributed by atoms with Gasteiger partial charge in [-0.25, -0.2) is 9.37 Å². The fraction of sp³-hybridized carbons (Fsp3) is 0.429. The maximum absolute atomic E-state index is 13.9. The second kappa shape index (κ2) is 9.39. The Bertz CT molecular complexity index is 826. The number of ether oxygens (including phenoxy) is 1. The summed E-state index contributed by atoms with van der Waals surface area (Å²) in [5.41, 5.74) is 2.28. The number of hydrogen-bond donors (Lipinski definition) is 2. The van der Waals surface area contributed by atoms with E-state index in [9.17, 15) is 4.39 Å². The minimum absolute atomic E-state index is 0.190. The predicted molar refractivity (Wildman–Crippen MR) is 110 cm³/mol. The summed E-state index contributed by atoms with van der Waals surface area (Å²) >= 11 is 0. The van der Waals surface area contributed by atoms with Crippen LogP contribution in [0, 0.1) is 12.7 Å². The van der Waals surface area contributed by atoms with Crippen molar-refractivity contribution in [2.45, 2.75) is 32.9 Å². The van der Waals surface area contributed by atoms with E-state index < -0.39 is 0 Å². The number of nitrogens with one attached hydrogen (secondary N) is 2. The first-order valence-electron chi connectivity index (χ1n) is 9.65. The third kappa shape index (κ3) is 4.91. The van der Waals surface area contributed by atoms with Crippen molar-refractivity contribution < 1.29 is 9.13 Å². The van der Waals surface area contributed by atoms with Crippen molar-refractivity contribution in [3.05, 3.63) is 53.5 Å². The van der Waals surface area contributed by atoms with E-state index in [2.05, 4.69) is 32.7 Å². The summed E-state index contributed by atoms with van der Waals surface area (Å²) in [7, 11) is 1.75. The molecule has 1 aliphatic rings. The van der Waals surface area contributed by atoms with Gasteiger partial charge < -0.3 is 20.3 Å². The lowest BCUT2D eigenvalue weighted by atomic mass is 10.1. The van der Waals surface area contributed by atoms with Crippen LogP contribution in [0.25, 0.3) is 0 Å². The van der Waals surface area contributed by atoms with Crippen LogP contribution in [0.2, 0.25) is 0 Å². The molecule has 0 aliphatic carbocycles. The molecule has 7 heteroatoms. The van der Waals surface area contributed by atoms with Crippen LogP contribution >= 0.6 is 0 Å². The molecule has 2 heterocycles. The molecule has 1 fully saturated rings. The molecule has 150 valence electrons. The maximum Gasteiger partial charge on any atom is 0.191 e. The van der Waals surface area contributed by atoms with Crippen molar-refractivity contribution in [2.24, 2.45) is 4.99 Å². The average molecular weight is 385 g/mol. The molecule has 3 rings (SSSR count). The van der Waals surface area contributed by atoms with E-state index in [4.69, 9.17) is 4.74 Å². The van der Waals surface area contributed by atoms with Crippen LogP contribution in [-0.2, 0) is 6.54 Å². The molecular weight excluding hydrogens is 357 g/mol. The second-order valence-electron chi connectivity index (χ2n) is 6.84. The molecule has 0 bridgehead atoms. The number of rotatable bonds is 6. The third-order valence-corrected chi connectivity index (χ3v) is 4.79. The summed E-state index contributed by atoms with van der Waals surface area (Å²) in [4.78, 5) is 10.4. The Hall–Kier alpha value is -2.83. The van der Waals surface area contributed by atoms with Crippen molar-refractivity contribution in [3.8, 4) is 5.75 Å². The highest BCUT2D eigenvalue weighted by Crippen LogP contribution is 2.21. The van der Waals surface area contributed by atoms with Crippen LogP contribution < -0.4 is 20.3 Å². The maximum atomic E-state index is 13.9. The summed E-state index contributed by atoms with van der Waals surface area (Å²) in [6, 6.07) is 9.42. The molecule has 1 unspecified atom stereocenters. The molecule has 0 spiro atoms. The summed E-state index contributed by atoms with van der Waals surface area (Å²) in [6.07, 6.45) is 2.53. The number of aryl methyl sites for hydroxylation is 1. The SMILES string of the molecule is CCOc1ccc(CNC(=NC)NC2CCN(c3ncccc3F)C2)cc1C. The number of benzene rings is 1. The van der Waals surface area contributed by atoms with Gasteiger partial charge in [-0.1, -0.05) is 12.1 Å². The van der Waals surface area contributed by atoms with Crippen LogP contribution in [0.3, 0.4) is 0 Å². The molecule has 1 aliphatic heterocycles. The van der Waals surface area contributed by atoms with E-state index in [1.807, 2.05) is 24.8 Å². The van der Waals surface area contributed by atoms with E-state index in [1.165, 1.54) is 6.07 Å². The summed E-state index contributed by atoms with van der Waals surface area (Å²) < 4.78 is 19.5. The normalized spacial score (nSPS) is 16.9. The smallest absolute Gasteiger partial charge is 0.191 e. The number of guanidine groups is 1. The van der Waals surface area contributed by atoms with Gasteiger partial charge in [-0.3, -0.25) is 4.99 Å². The molecule has 0 radical (unpaired) electrons. The van der Waals surface area contributed by atoms with E-state index in [0.29, 0.717) is 25.5 Å². The van der Waals surface area contributed by atoms with Gasteiger partial charge in [0.1, 0.15) is 5.75 Å². The number of nitrogens with zero attached hydrogens (tertiary/aromatic N) is 3. The van der Waals surface area contributed by atoms with Gasteiger partial charge in [0, 0.05) is 38.9 Å². The Balaban J connectivity index is 1.53. The van der Waals surface area contributed by atoms with E-state index in [-0.39, 0.29) is 11.9 Å². The topological polar surface area (TPSA) is 61.8 Å². The fourth-order valence-corrected chi connectivity index (χ4v) is 3.39. The second-order valence-corrected chi connectivity index (χ2v) is 6.84. The standard InChI is InChI=1S/C21H28FN5O/c1-4-28-19-8-7-16(12-15(19)2)13-25-21(23-3)26-17-9-11-27(14-17)20-18(22)6-5-10-24-20/h5-8,10,12,17H,4,9,11,13-14H2,1-3H3,(H2,23,25,26). The Morgan fingerprint density at radius 2 is 2.25 bits per heavy atom. The predicted octanol–water partition coefficient (Wildman–Crippen LogP) is 2.87. The lowest BCUT2D eigenvalue weighted by Crippen LogP contribution is -2.44. The lowest BCUT2D eigenvalue weighted by Gasteiger charge is -2.20. The zero-order chi connectivity index (χ0) is 19.9. The summed E-state index contributed by atoms with van der Waals surface area (Å²) in [6.45, 7) is 6.81. The van der Waals surface area contributed by atoms with Gasteiger partial charge in [0.15, 0.2) is 17.6 Å². The molecule has 1 aromatic carbocycles. The van der Waals surface area contributed by atoms with Crippen molar-refractivity contribution in [1.29, 1.82) is 0 Å². The zero-order valence-corrected chi connectivity index (χ0v) is 16.7. The first-order valence-corrected chi connectivity index (χ1v) is 9.65. The Kier molecular flexibility index (Phi) is 6.68. The molecular formula is C21H28FN5O. The number of pyridine rings is 1. The minimum atomic E-state index is -0.281. The molecule has 2 N–H and O–H groups in total. The number of aromatic nitrogens is 1. The van der Waals surface area contributed by atoms with Crippen LogP contribution in [0.1, 0.15) is 24.5 Å². The molecule has 1 atom stereocenters. The van der Waals surface area contributed by atoms with Crippen LogP contribution in [0.4, 0.5) is 10.2 Å². The fourth-order valence-electron chi connectivity index (χ4n) is 3.39. The molecule has 28 heavy (non-hydrogen) atoms. The first-order chi connectivity index (χ1) is 13.6. The third-order valence-electron chi connectivity index (χ3n) is 4.79. The van der Waals surface area contributed by atoms with Gasteiger partial charge in [-0.2, -0.15) is 0 Å². The lowest BCUT2D eigenvalue weighted by molar-refractivity contribution is 0.338. The Morgan fingerprint density at radius 3 is 2.96 bits per heavy atom. The highest BCUT2D eigenvalue weighted by molar-refractivity contribution is 5.80. The van der Waals surface area contributed by atoms with E-state index >= 15 is 0 Å². The molecule has 2 aromatic rings. The van der Waals surface area contributed by atoms with Gasteiger partial charge in [0.05, 0.1) is 6.61 Å². The first kappa shape index (κ1) is 19.9. The Labute approximate surface area is 165 Å². The Morgan fingerprint density at radius 1 is 1.39 bits per heavy atom. The van der Waals surface area contributed by atoms with Gasteiger partial charge in [-0.05, 0) is 49.6 Å². The summed E-state index contributed by atoms with van der Waals surface area (Å²) in [5.74, 6) is 1.79. The molecule has 0 saturated carbocycles.